The number of hydrogen-bond donors (Lipinski definition) is 1. The lowest BCUT2D eigenvalue weighted by atomic mass is 10.2. The number of nitrogens with one attached hydrogen (secondary N) is 1. The number of ether oxygens (including phenoxy) is 1. The standard InChI is InChI=1S/C21H20N6O2S/c1-4-29-20(28)15-12-23-21(30-3)25-17(15)24-18-14-9-5-6-10-16(14)27(26-18)19-13(2)8-7-11-22-19/h5-12H,4H2,1-3H3,(H,23,24,25,26). The van der Waals surface area contributed by atoms with Crippen molar-refractivity contribution in [1.82, 2.24) is 24.7 Å². The fourth-order valence-corrected chi connectivity index (χ4v) is 3.39. The van der Waals surface area contributed by atoms with Gasteiger partial charge in [0.05, 0.1) is 12.1 Å². The molecule has 0 spiro atoms. The number of hydrogen-bond acceptors (Lipinski definition) is 8. The predicted octanol–water partition coefficient (Wildman–Crippen LogP) is 4.16. The third kappa shape index (κ3) is 3.71. The average Bonchev–Trinajstić information content (AvgIpc) is 3.12. The van der Waals surface area contributed by atoms with E-state index in [-0.39, 0.29) is 12.2 Å². The minimum Gasteiger partial charge on any atom is -0.462 e. The molecule has 0 aliphatic heterocycles. The Bertz CT molecular complexity index is 1220. The van der Waals surface area contributed by atoms with Crippen LogP contribution in [-0.4, -0.2) is 43.6 Å². The number of fused-ring (bicyclic) bond motifs is 1. The Morgan fingerprint density at radius 3 is 2.77 bits per heavy atom. The number of aryl methyl sites for hydroxylation is 1. The molecule has 0 aliphatic rings. The Labute approximate surface area is 177 Å². The van der Waals surface area contributed by atoms with Crippen molar-refractivity contribution in [3.05, 3.63) is 59.9 Å². The minimum atomic E-state index is -0.489. The van der Waals surface area contributed by atoms with Gasteiger partial charge in [-0.25, -0.2) is 24.4 Å². The summed E-state index contributed by atoms with van der Waals surface area (Å²) in [6, 6.07) is 11.7. The maximum atomic E-state index is 12.4. The van der Waals surface area contributed by atoms with Gasteiger partial charge in [0, 0.05) is 17.8 Å². The lowest BCUT2D eigenvalue weighted by Gasteiger charge is -2.10. The molecule has 0 fully saturated rings. The van der Waals surface area contributed by atoms with E-state index in [4.69, 9.17) is 9.84 Å². The summed E-state index contributed by atoms with van der Waals surface area (Å²) in [6.07, 6.45) is 5.08. The van der Waals surface area contributed by atoms with Crippen LogP contribution in [0.1, 0.15) is 22.8 Å². The predicted molar refractivity (Wildman–Crippen MR) is 117 cm³/mol. The molecular weight excluding hydrogens is 400 g/mol. The average molecular weight is 420 g/mol. The number of pyridine rings is 1. The first-order chi connectivity index (χ1) is 14.6. The molecule has 30 heavy (non-hydrogen) atoms. The molecule has 4 rings (SSSR count). The van der Waals surface area contributed by atoms with E-state index in [1.165, 1.54) is 18.0 Å². The van der Waals surface area contributed by atoms with Crippen LogP contribution in [0.4, 0.5) is 11.6 Å². The largest absolute Gasteiger partial charge is 0.462 e. The topological polar surface area (TPSA) is 94.8 Å². The van der Waals surface area contributed by atoms with Gasteiger partial charge in [0.2, 0.25) is 0 Å². The summed E-state index contributed by atoms with van der Waals surface area (Å²) in [5, 5.41) is 9.37. The van der Waals surface area contributed by atoms with Crippen LogP contribution in [-0.2, 0) is 4.74 Å². The molecule has 8 nitrogen and oxygen atoms in total. The lowest BCUT2D eigenvalue weighted by Crippen LogP contribution is -2.11. The molecule has 0 saturated heterocycles. The second kappa shape index (κ2) is 8.50. The van der Waals surface area contributed by atoms with Crippen LogP contribution in [0.25, 0.3) is 16.7 Å². The van der Waals surface area contributed by atoms with E-state index < -0.39 is 5.97 Å². The van der Waals surface area contributed by atoms with E-state index in [0.29, 0.717) is 16.8 Å². The molecular formula is C21H20N6O2S. The second-order valence-electron chi connectivity index (χ2n) is 6.39. The monoisotopic (exact) mass is 420 g/mol. The summed E-state index contributed by atoms with van der Waals surface area (Å²) in [5.74, 6) is 1.16. The molecule has 0 saturated carbocycles. The summed E-state index contributed by atoms with van der Waals surface area (Å²) < 4.78 is 6.94. The van der Waals surface area contributed by atoms with Crippen molar-refractivity contribution in [3.8, 4) is 5.82 Å². The molecule has 0 amide bonds. The van der Waals surface area contributed by atoms with Gasteiger partial charge in [0.15, 0.2) is 22.6 Å². The van der Waals surface area contributed by atoms with E-state index in [9.17, 15) is 4.79 Å². The molecule has 152 valence electrons. The van der Waals surface area contributed by atoms with Gasteiger partial charge in [-0.1, -0.05) is 30.0 Å². The smallest absolute Gasteiger partial charge is 0.343 e. The van der Waals surface area contributed by atoms with Gasteiger partial charge >= 0.3 is 5.97 Å². The number of benzene rings is 1. The second-order valence-corrected chi connectivity index (χ2v) is 7.16. The van der Waals surface area contributed by atoms with Gasteiger partial charge in [-0.15, -0.1) is 5.10 Å². The number of para-hydroxylation sites is 1. The van der Waals surface area contributed by atoms with E-state index >= 15 is 0 Å². The van der Waals surface area contributed by atoms with Crippen molar-refractivity contribution < 1.29 is 9.53 Å². The number of esters is 1. The summed E-state index contributed by atoms with van der Waals surface area (Å²) >= 11 is 1.39. The van der Waals surface area contributed by atoms with Crippen LogP contribution < -0.4 is 5.32 Å². The fraction of sp³-hybridized carbons (Fsp3) is 0.190. The van der Waals surface area contributed by atoms with Crippen LogP contribution in [0.3, 0.4) is 0 Å². The first kappa shape index (κ1) is 19.8. The van der Waals surface area contributed by atoms with E-state index in [1.807, 2.05) is 49.6 Å². The van der Waals surface area contributed by atoms with Crippen molar-refractivity contribution in [2.75, 3.05) is 18.2 Å². The van der Waals surface area contributed by atoms with Crippen LogP contribution >= 0.6 is 11.8 Å². The zero-order chi connectivity index (χ0) is 21.1. The Kier molecular flexibility index (Phi) is 5.62. The van der Waals surface area contributed by atoms with E-state index in [2.05, 4.69) is 20.3 Å². The molecule has 0 unspecified atom stereocenters. The molecule has 4 aromatic rings. The summed E-state index contributed by atoms with van der Waals surface area (Å²) in [6.45, 7) is 4.01. The molecule has 0 bridgehead atoms. The third-order valence-electron chi connectivity index (χ3n) is 4.45. The third-order valence-corrected chi connectivity index (χ3v) is 5.01. The first-order valence-electron chi connectivity index (χ1n) is 9.37. The van der Waals surface area contributed by atoms with Crippen molar-refractivity contribution in [1.29, 1.82) is 0 Å². The minimum absolute atomic E-state index is 0.252. The zero-order valence-electron chi connectivity index (χ0n) is 16.8. The molecule has 0 radical (unpaired) electrons. The highest BCUT2D eigenvalue weighted by atomic mass is 32.2. The van der Waals surface area contributed by atoms with Gasteiger partial charge in [-0.05, 0) is 43.9 Å². The van der Waals surface area contributed by atoms with Crippen molar-refractivity contribution in [2.24, 2.45) is 0 Å². The van der Waals surface area contributed by atoms with Gasteiger partial charge in [-0.2, -0.15) is 0 Å². The summed E-state index contributed by atoms with van der Waals surface area (Å²) in [7, 11) is 0. The SMILES string of the molecule is CCOC(=O)c1cnc(SC)nc1Nc1nn(-c2ncccc2C)c2ccccc12. The number of nitrogens with zero attached hydrogens (tertiary/aromatic N) is 5. The molecule has 9 heteroatoms. The van der Waals surface area contributed by atoms with Gasteiger partial charge in [-0.3, -0.25) is 0 Å². The highest BCUT2D eigenvalue weighted by Crippen LogP contribution is 2.29. The highest BCUT2D eigenvalue weighted by molar-refractivity contribution is 7.98. The Morgan fingerprint density at radius 1 is 1.17 bits per heavy atom. The molecule has 1 aromatic carbocycles. The van der Waals surface area contributed by atoms with Crippen molar-refractivity contribution in [2.45, 2.75) is 19.0 Å². The van der Waals surface area contributed by atoms with Gasteiger partial charge in [0.25, 0.3) is 0 Å². The quantitative estimate of drug-likeness (QED) is 0.282. The Hall–Kier alpha value is -3.46. The van der Waals surface area contributed by atoms with Crippen LogP contribution in [0.2, 0.25) is 0 Å². The number of carbonyl (C=O) groups excluding carboxylic acids is 1. The van der Waals surface area contributed by atoms with Crippen LogP contribution in [0.5, 0.6) is 0 Å². The molecule has 0 aliphatic carbocycles. The molecule has 3 aromatic heterocycles. The number of thioether (sulfide) groups is 1. The van der Waals surface area contributed by atoms with Crippen LogP contribution in [0.15, 0.2) is 53.9 Å². The number of anilines is 2. The highest BCUT2D eigenvalue weighted by Gasteiger charge is 2.20. The number of rotatable bonds is 6. The lowest BCUT2D eigenvalue weighted by molar-refractivity contribution is 0.0526. The van der Waals surface area contributed by atoms with Crippen molar-refractivity contribution in [3.63, 3.8) is 0 Å². The Balaban J connectivity index is 1.84. The van der Waals surface area contributed by atoms with Gasteiger partial charge in [0.1, 0.15) is 5.56 Å². The Morgan fingerprint density at radius 2 is 2.00 bits per heavy atom. The van der Waals surface area contributed by atoms with E-state index in [0.717, 1.165) is 22.3 Å². The van der Waals surface area contributed by atoms with E-state index in [1.54, 1.807) is 17.8 Å². The van der Waals surface area contributed by atoms with Crippen LogP contribution in [0, 0.1) is 6.92 Å². The normalized spacial score (nSPS) is 10.9. The maximum absolute atomic E-state index is 12.4. The fourth-order valence-electron chi connectivity index (χ4n) is 3.05. The molecule has 3 heterocycles. The zero-order valence-corrected chi connectivity index (χ0v) is 17.6. The first-order valence-corrected chi connectivity index (χ1v) is 10.6. The summed E-state index contributed by atoms with van der Waals surface area (Å²) in [5.41, 5.74) is 2.14. The number of carbonyl (C=O) groups is 1. The summed E-state index contributed by atoms with van der Waals surface area (Å²) in [4.78, 5) is 25.6. The molecule has 0 atom stereocenters. The number of aromatic nitrogens is 5. The maximum Gasteiger partial charge on any atom is 0.343 e. The van der Waals surface area contributed by atoms with Gasteiger partial charge < -0.3 is 10.1 Å². The van der Waals surface area contributed by atoms with Crippen molar-refractivity contribution >= 4 is 40.3 Å². The molecule has 1 N–H and O–H groups in total.